The van der Waals surface area contributed by atoms with Crippen molar-refractivity contribution in [3.05, 3.63) is 12.2 Å². The molecule has 88 valence electrons. The molecule has 0 spiro atoms. The molecule has 5 nitrogen and oxygen atoms in total. The van der Waals surface area contributed by atoms with Gasteiger partial charge in [-0.15, -0.1) is 0 Å². The molecule has 0 saturated carbocycles. The summed E-state index contributed by atoms with van der Waals surface area (Å²) in [4.78, 5) is 10.3. The zero-order valence-corrected chi connectivity index (χ0v) is 8.82. The Bertz CT molecular complexity index is 364. The highest BCUT2D eigenvalue weighted by Gasteiger charge is 2.44. The van der Waals surface area contributed by atoms with Gasteiger partial charge < -0.3 is 4.74 Å². The Labute approximate surface area is 89.4 Å². The predicted molar refractivity (Wildman–Crippen MR) is 47.3 cm³/mol. The first kappa shape index (κ1) is 14.4. The average molecular weight is 265 g/mol. The van der Waals surface area contributed by atoms with Crippen molar-refractivity contribution in [3.63, 3.8) is 0 Å². The Morgan fingerprint density at radius 1 is 1.53 bits per heavy atom. The van der Waals surface area contributed by atoms with Crippen molar-refractivity contribution in [2.75, 3.05) is 13.2 Å². The van der Waals surface area contributed by atoms with Crippen molar-refractivity contribution in [2.45, 2.75) is 5.25 Å². The summed E-state index contributed by atoms with van der Waals surface area (Å²) in [6, 6.07) is 0. The SMILES string of the molecule is C=C(COCC(F)(F)S(=O)(=O)O)C(=O)Cl. The summed E-state index contributed by atoms with van der Waals surface area (Å²) in [6.07, 6.45) is 0. The minimum Gasteiger partial charge on any atom is -0.369 e. The lowest BCUT2D eigenvalue weighted by Gasteiger charge is -2.12. The molecule has 0 atom stereocenters. The van der Waals surface area contributed by atoms with Gasteiger partial charge in [0.15, 0.2) is 0 Å². The number of ether oxygens (including phenoxy) is 1. The van der Waals surface area contributed by atoms with Gasteiger partial charge in [-0.2, -0.15) is 17.2 Å². The van der Waals surface area contributed by atoms with Crippen molar-refractivity contribution in [1.29, 1.82) is 0 Å². The molecule has 0 radical (unpaired) electrons. The van der Waals surface area contributed by atoms with Gasteiger partial charge in [-0.1, -0.05) is 6.58 Å². The molecule has 0 aromatic heterocycles. The molecule has 0 aliphatic carbocycles. The van der Waals surface area contributed by atoms with E-state index >= 15 is 0 Å². The largest absolute Gasteiger partial charge is 0.392 e. The maximum absolute atomic E-state index is 12.5. The zero-order valence-electron chi connectivity index (χ0n) is 7.24. The number of rotatable bonds is 6. The van der Waals surface area contributed by atoms with Gasteiger partial charge in [0.05, 0.1) is 6.61 Å². The monoisotopic (exact) mass is 264 g/mol. The van der Waals surface area contributed by atoms with Crippen LogP contribution in [0.25, 0.3) is 0 Å². The first-order valence-corrected chi connectivity index (χ1v) is 5.20. The highest BCUT2D eigenvalue weighted by atomic mass is 35.5. The van der Waals surface area contributed by atoms with Gasteiger partial charge in [-0.3, -0.25) is 9.35 Å². The lowest BCUT2D eigenvalue weighted by molar-refractivity contribution is -0.109. The third-order valence-electron chi connectivity index (χ3n) is 1.20. The van der Waals surface area contributed by atoms with E-state index in [4.69, 9.17) is 16.2 Å². The van der Waals surface area contributed by atoms with E-state index in [0.29, 0.717) is 0 Å². The minimum absolute atomic E-state index is 0.303. The van der Waals surface area contributed by atoms with Crippen LogP contribution in [0.1, 0.15) is 0 Å². The summed E-state index contributed by atoms with van der Waals surface area (Å²) in [7, 11) is -5.53. The standard InChI is InChI=1S/C6H7ClF2O5S/c1-4(5(7)10)2-14-3-6(8,9)15(11,12)13/h1-3H2,(H,11,12,13). The number of carbonyl (C=O) groups is 1. The molecule has 0 amide bonds. The van der Waals surface area contributed by atoms with E-state index in [9.17, 15) is 22.0 Å². The van der Waals surface area contributed by atoms with Crippen LogP contribution >= 0.6 is 11.6 Å². The topological polar surface area (TPSA) is 80.7 Å². The average Bonchev–Trinajstić information content (AvgIpc) is 2.01. The lowest BCUT2D eigenvalue weighted by atomic mass is 10.4. The minimum atomic E-state index is -5.53. The maximum Gasteiger partial charge on any atom is 0.392 e. The van der Waals surface area contributed by atoms with Crippen LogP contribution in [0, 0.1) is 0 Å². The quantitative estimate of drug-likeness (QED) is 0.436. The van der Waals surface area contributed by atoms with E-state index in [-0.39, 0.29) is 5.57 Å². The first-order chi connectivity index (χ1) is 6.58. The zero-order chi connectivity index (χ0) is 12.3. The van der Waals surface area contributed by atoms with Crippen molar-refractivity contribution in [2.24, 2.45) is 0 Å². The molecule has 15 heavy (non-hydrogen) atoms. The van der Waals surface area contributed by atoms with E-state index < -0.39 is 33.8 Å². The van der Waals surface area contributed by atoms with Gasteiger partial charge in [0, 0.05) is 5.57 Å². The molecule has 0 aromatic carbocycles. The normalized spacial score (nSPS) is 12.5. The first-order valence-electron chi connectivity index (χ1n) is 3.38. The van der Waals surface area contributed by atoms with Crippen LogP contribution in [0.4, 0.5) is 8.78 Å². The number of hydrogen-bond donors (Lipinski definition) is 1. The van der Waals surface area contributed by atoms with E-state index in [1.54, 1.807) is 0 Å². The molecule has 0 saturated heterocycles. The van der Waals surface area contributed by atoms with Crippen molar-refractivity contribution < 1.29 is 31.3 Å². The maximum atomic E-state index is 12.5. The summed E-state index contributed by atoms with van der Waals surface area (Å²) >= 11 is 4.89. The fourth-order valence-electron chi connectivity index (χ4n) is 0.424. The van der Waals surface area contributed by atoms with Crippen LogP contribution in [0.3, 0.4) is 0 Å². The smallest absolute Gasteiger partial charge is 0.369 e. The van der Waals surface area contributed by atoms with E-state index in [2.05, 4.69) is 11.3 Å². The Kier molecular flexibility index (Phi) is 4.78. The molecule has 0 heterocycles. The van der Waals surface area contributed by atoms with Gasteiger partial charge >= 0.3 is 15.4 Å². The van der Waals surface area contributed by atoms with E-state index in [1.165, 1.54) is 0 Å². The van der Waals surface area contributed by atoms with Gasteiger partial charge in [-0.25, -0.2) is 0 Å². The molecule has 0 aromatic rings. The summed E-state index contributed by atoms with van der Waals surface area (Å²) in [5.74, 6) is 0. The highest BCUT2D eigenvalue weighted by molar-refractivity contribution is 7.86. The molecular weight excluding hydrogens is 258 g/mol. The number of halogens is 3. The molecule has 0 unspecified atom stereocenters. The van der Waals surface area contributed by atoms with E-state index in [1.807, 2.05) is 0 Å². The summed E-state index contributed by atoms with van der Waals surface area (Å²) in [5, 5.41) is -5.41. The fraction of sp³-hybridized carbons (Fsp3) is 0.500. The van der Waals surface area contributed by atoms with Crippen LogP contribution in [-0.4, -0.2) is 36.7 Å². The van der Waals surface area contributed by atoms with Gasteiger partial charge in [0.25, 0.3) is 0 Å². The van der Waals surface area contributed by atoms with Crippen molar-refractivity contribution >= 4 is 27.0 Å². The van der Waals surface area contributed by atoms with Gasteiger partial charge in [0.1, 0.15) is 6.61 Å². The second-order valence-corrected chi connectivity index (χ2v) is 4.37. The molecule has 0 rings (SSSR count). The molecule has 0 bridgehead atoms. The second kappa shape index (κ2) is 4.97. The molecule has 0 aliphatic rings. The van der Waals surface area contributed by atoms with Gasteiger partial charge in [-0.05, 0) is 11.6 Å². The van der Waals surface area contributed by atoms with Crippen LogP contribution in [-0.2, 0) is 19.6 Å². The summed E-state index contributed by atoms with van der Waals surface area (Å²) in [6.45, 7) is 0.839. The predicted octanol–water partition coefficient (Wildman–Crippen LogP) is 0.805. The third-order valence-corrected chi connectivity index (χ3v) is 2.34. The molecule has 0 aliphatic heterocycles. The number of alkyl halides is 2. The number of hydrogen-bond acceptors (Lipinski definition) is 4. The lowest BCUT2D eigenvalue weighted by Crippen LogP contribution is -2.33. The van der Waals surface area contributed by atoms with Crippen molar-refractivity contribution in [3.8, 4) is 0 Å². The molecule has 1 N–H and O–H groups in total. The van der Waals surface area contributed by atoms with Crippen LogP contribution < -0.4 is 0 Å². The van der Waals surface area contributed by atoms with E-state index in [0.717, 1.165) is 0 Å². The van der Waals surface area contributed by atoms with Crippen LogP contribution in [0.15, 0.2) is 12.2 Å². The Hall–Kier alpha value is -0.570. The van der Waals surface area contributed by atoms with Crippen LogP contribution in [0.5, 0.6) is 0 Å². The Morgan fingerprint density at radius 2 is 2.00 bits per heavy atom. The molecule has 0 fully saturated rings. The van der Waals surface area contributed by atoms with Gasteiger partial charge in [0.2, 0.25) is 5.24 Å². The van der Waals surface area contributed by atoms with Crippen LogP contribution in [0.2, 0.25) is 0 Å². The third kappa shape index (κ3) is 4.65. The second-order valence-electron chi connectivity index (χ2n) is 2.48. The molecular formula is C6H7ClF2O5S. The fourth-order valence-corrected chi connectivity index (χ4v) is 0.711. The van der Waals surface area contributed by atoms with Crippen molar-refractivity contribution in [1.82, 2.24) is 0 Å². The Morgan fingerprint density at radius 3 is 2.33 bits per heavy atom. The summed E-state index contributed by atoms with van der Waals surface area (Å²) < 4.78 is 57.3. The summed E-state index contributed by atoms with van der Waals surface area (Å²) in [5.41, 5.74) is -0.303. The number of carbonyl (C=O) groups excluding carboxylic acids is 1. The molecule has 9 heteroatoms. The Balaban J connectivity index is 4.19. The highest BCUT2D eigenvalue weighted by Crippen LogP contribution is 2.20.